The minimum Gasteiger partial charge on any atom is -0.383 e. The molecule has 0 fully saturated rings. The Bertz CT molecular complexity index is 956. The van der Waals surface area contributed by atoms with Gasteiger partial charge in [-0.2, -0.15) is 10.4 Å². The highest BCUT2D eigenvalue weighted by atomic mass is 15.2. The van der Waals surface area contributed by atoms with E-state index in [0.29, 0.717) is 5.56 Å². The summed E-state index contributed by atoms with van der Waals surface area (Å²) in [6.45, 7) is 5.91. The fourth-order valence-corrected chi connectivity index (χ4v) is 2.86. The largest absolute Gasteiger partial charge is 0.383 e. The molecule has 0 aliphatic rings. The van der Waals surface area contributed by atoms with Crippen molar-refractivity contribution >= 4 is 5.82 Å². The lowest BCUT2D eigenvalue weighted by Gasteiger charge is -2.13. The first-order chi connectivity index (χ1) is 11.5. The first-order valence-electron chi connectivity index (χ1n) is 7.71. The van der Waals surface area contributed by atoms with E-state index in [2.05, 4.69) is 26.1 Å². The molecule has 0 saturated heterocycles. The zero-order valence-corrected chi connectivity index (χ0v) is 14.2. The summed E-state index contributed by atoms with van der Waals surface area (Å²) in [6, 6.07) is 2.18. The first-order valence-corrected chi connectivity index (χ1v) is 7.71. The number of nitriles is 1. The molecule has 7 heteroatoms. The van der Waals surface area contributed by atoms with Gasteiger partial charge in [-0.25, -0.2) is 9.97 Å². The zero-order chi connectivity index (χ0) is 17.4. The minimum atomic E-state index is 0.206. The fourth-order valence-electron chi connectivity index (χ4n) is 2.86. The molecule has 0 aliphatic carbocycles. The molecule has 0 aliphatic heterocycles. The number of aromatic nitrogens is 5. The summed E-state index contributed by atoms with van der Waals surface area (Å²) in [5, 5.41) is 13.8. The van der Waals surface area contributed by atoms with Crippen LogP contribution in [0.25, 0.3) is 22.5 Å². The molecule has 0 saturated carbocycles. The van der Waals surface area contributed by atoms with Gasteiger partial charge in [0.2, 0.25) is 0 Å². The normalized spacial score (nSPS) is 10.8. The van der Waals surface area contributed by atoms with Crippen LogP contribution >= 0.6 is 0 Å². The van der Waals surface area contributed by atoms with Crippen LogP contribution in [0, 0.1) is 25.2 Å². The number of anilines is 1. The van der Waals surface area contributed by atoms with Crippen LogP contribution in [0.5, 0.6) is 0 Å². The van der Waals surface area contributed by atoms with Crippen molar-refractivity contribution in [1.82, 2.24) is 24.7 Å². The van der Waals surface area contributed by atoms with Gasteiger partial charge in [0.1, 0.15) is 23.3 Å². The van der Waals surface area contributed by atoms with Crippen LogP contribution in [0.4, 0.5) is 5.82 Å². The van der Waals surface area contributed by atoms with Gasteiger partial charge in [0.25, 0.3) is 0 Å². The number of H-pyrrole nitrogens is 1. The molecule has 122 valence electrons. The predicted molar refractivity (Wildman–Crippen MR) is 92.0 cm³/mol. The Hall–Kier alpha value is -3.14. The molecular formula is C17H19N7. The Morgan fingerprint density at radius 2 is 2.04 bits per heavy atom. The van der Waals surface area contributed by atoms with Gasteiger partial charge in [0.15, 0.2) is 0 Å². The third-order valence-electron chi connectivity index (χ3n) is 4.06. The average molecular weight is 321 g/mol. The van der Waals surface area contributed by atoms with Gasteiger partial charge in [0.05, 0.1) is 17.6 Å². The van der Waals surface area contributed by atoms with Crippen LogP contribution in [-0.2, 0) is 13.5 Å². The molecule has 0 amide bonds. The maximum absolute atomic E-state index is 9.58. The lowest BCUT2D eigenvalue weighted by Crippen LogP contribution is -2.04. The highest BCUT2D eigenvalue weighted by Crippen LogP contribution is 2.36. The number of hydrogen-bond donors (Lipinski definition) is 2. The van der Waals surface area contributed by atoms with E-state index in [1.165, 1.54) is 0 Å². The van der Waals surface area contributed by atoms with Crippen LogP contribution < -0.4 is 5.73 Å². The predicted octanol–water partition coefficient (Wildman–Crippen LogP) is 2.51. The average Bonchev–Trinajstić information content (AvgIpc) is 3.14. The van der Waals surface area contributed by atoms with Gasteiger partial charge in [-0.1, -0.05) is 6.92 Å². The van der Waals surface area contributed by atoms with Gasteiger partial charge in [0, 0.05) is 36.5 Å². The summed E-state index contributed by atoms with van der Waals surface area (Å²) >= 11 is 0. The number of nitrogens with two attached hydrogens (primary N) is 1. The molecule has 0 radical (unpaired) electrons. The number of aromatic amines is 1. The summed E-state index contributed by atoms with van der Waals surface area (Å²) in [7, 11) is 1.85. The van der Waals surface area contributed by atoms with E-state index < -0.39 is 0 Å². The van der Waals surface area contributed by atoms with Crippen LogP contribution in [-0.4, -0.2) is 24.7 Å². The molecule has 0 atom stereocenters. The molecule has 3 aromatic rings. The maximum Gasteiger partial charge on any atom is 0.142 e. The van der Waals surface area contributed by atoms with E-state index in [4.69, 9.17) is 5.73 Å². The second-order valence-electron chi connectivity index (χ2n) is 5.75. The van der Waals surface area contributed by atoms with Gasteiger partial charge in [-0.15, -0.1) is 0 Å². The topological polar surface area (TPSA) is 109 Å². The molecule has 3 heterocycles. The smallest absolute Gasteiger partial charge is 0.142 e. The molecule has 7 nitrogen and oxygen atoms in total. The standard InChI is InChI=1S/C17H19N7/c1-5-13-21-10(3)16(22-13)14-9(2)15(11-7-20-24(4)8-11)23-17(19)12(14)6-18/h7-8H,5H2,1-4H3,(H2,19,23)(H,21,22). The molecule has 0 aromatic carbocycles. The monoisotopic (exact) mass is 321 g/mol. The molecular weight excluding hydrogens is 302 g/mol. The van der Waals surface area contributed by atoms with Gasteiger partial charge < -0.3 is 10.7 Å². The number of aryl methyl sites for hydroxylation is 3. The van der Waals surface area contributed by atoms with Crippen molar-refractivity contribution in [3.8, 4) is 28.6 Å². The van der Waals surface area contributed by atoms with Crippen molar-refractivity contribution in [2.45, 2.75) is 27.2 Å². The first kappa shape index (κ1) is 15.7. The van der Waals surface area contributed by atoms with E-state index in [0.717, 1.165) is 46.0 Å². The van der Waals surface area contributed by atoms with Crippen molar-refractivity contribution in [2.24, 2.45) is 7.05 Å². The summed E-state index contributed by atoms with van der Waals surface area (Å²) in [6.07, 6.45) is 4.40. The van der Waals surface area contributed by atoms with Crippen molar-refractivity contribution in [3.63, 3.8) is 0 Å². The molecule has 0 spiro atoms. The van der Waals surface area contributed by atoms with Crippen molar-refractivity contribution in [2.75, 3.05) is 5.73 Å². The number of pyridine rings is 1. The Morgan fingerprint density at radius 3 is 2.58 bits per heavy atom. The number of hydrogen-bond acceptors (Lipinski definition) is 5. The van der Waals surface area contributed by atoms with Crippen LogP contribution in [0.2, 0.25) is 0 Å². The molecule has 3 N–H and O–H groups in total. The van der Waals surface area contributed by atoms with Gasteiger partial charge >= 0.3 is 0 Å². The summed E-state index contributed by atoms with van der Waals surface area (Å²) < 4.78 is 1.71. The number of imidazole rings is 1. The van der Waals surface area contributed by atoms with Crippen LogP contribution in [0.15, 0.2) is 12.4 Å². The maximum atomic E-state index is 9.58. The third-order valence-corrected chi connectivity index (χ3v) is 4.06. The van der Waals surface area contributed by atoms with Crippen LogP contribution in [0.1, 0.15) is 29.6 Å². The zero-order valence-electron chi connectivity index (χ0n) is 14.2. The fraction of sp³-hybridized carbons (Fsp3) is 0.294. The highest BCUT2D eigenvalue weighted by Gasteiger charge is 2.22. The number of nitrogen functional groups attached to an aromatic ring is 1. The van der Waals surface area contributed by atoms with E-state index in [9.17, 15) is 5.26 Å². The van der Waals surface area contributed by atoms with Crippen molar-refractivity contribution in [1.29, 1.82) is 5.26 Å². The van der Waals surface area contributed by atoms with Gasteiger partial charge in [-0.05, 0) is 19.4 Å². The highest BCUT2D eigenvalue weighted by molar-refractivity contribution is 5.83. The minimum absolute atomic E-state index is 0.206. The second kappa shape index (κ2) is 5.81. The Balaban J connectivity index is 2.33. The Labute approximate surface area is 140 Å². The van der Waals surface area contributed by atoms with E-state index in [1.807, 2.05) is 34.0 Å². The summed E-state index contributed by atoms with van der Waals surface area (Å²) in [5.41, 5.74) is 11.3. The molecule has 24 heavy (non-hydrogen) atoms. The Kier molecular flexibility index (Phi) is 3.81. The molecule has 3 aromatic heterocycles. The van der Waals surface area contributed by atoms with Crippen molar-refractivity contribution < 1.29 is 0 Å². The number of nitrogens with one attached hydrogen (secondary N) is 1. The number of nitrogens with zero attached hydrogens (tertiary/aromatic N) is 5. The van der Waals surface area contributed by atoms with Crippen molar-refractivity contribution in [3.05, 3.63) is 35.0 Å². The number of rotatable bonds is 3. The molecule has 0 bridgehead atoms. The van der Waals surface area contributed by atoms with Gasteiger partial charge in [-0.3, -0.25) is 4.68 Å². The molecule has 0 unspecified atom stereocenters. The quantitative estimate of drug-likeness (QED) is 0.770. The lowest BCUT2D eigenvalue weighted by molar-refractivity contribution is 0.768. The Morgan fingerprint density at radius 1 is 1.29 bits per heavy atom. The summed E-state index contributed by atoms with van der Waals surface area (Å²) in [5.74, 6) is 1.08. The third kappa shape index (κ3) is 2.42. The summed E-state index contributed by atoms with van der Waals surface area (Å²) in [4.78, 5) is 12.3. The lowest BCUT2D eigenvalue weighted by atomic mass is 9.96. The van der Waals surface area contributed by atoms with E-state index in [1.54, 1.807) is 10.9 Å². The second-order valence-corrected chi connectivity index (χ2v) is 5.75. The molecule has 3 rings (SSSR count). The SMILES string of the molecule is CCc1nc(-c2c(C)c(-c3cnn(C)c3)nc(N)c2C#N)c(C)[nH]1. The van der Waals surface area contributed by atoms with E-state index in [-0.39, 0.29) is 5.82 Å². The van der Waals surface area contributed by atoms with Crippen LogP contribution in [0.3, 0.4) is 0 Å². The van der Waals surface area contributed by atoms with E-state index >= 15 is 0 Å².